The van der Waals surface area contributed by atoms with Crippen LogP contribution in [-0.4, -0.2) is 15.2 Å². The minimum absolute atomic E-state index is 0.514. The monoisotopic (exact) mass is 430 g/mol. The molecule has 0 unspecified atom stereocenters. The van der Waals surface area contributed by atoms with E-state index in [1.807, 2.05) is 54.6 Å². The van der Waals surface area contributed by atoms with Crippen LogP contribution in [0.4, 0.5) is 5.82 Å². The van der Waals surface area contributed by atoms with Gasteiger partial charge in [0.15, 0.2) is 0 Å². The van der Waals surface area contributed by atoms with Crippen LogP contribution in [0.25, 0.3) is 53.9 Å². The van der Waals surface area contributed by atoms with Crippen molar-refractivity contribution < 1.29 is 0 Å². The first kappa shape index (κ1) is 18.7. The van der Waals surface area contributed by atoms with E-state index >= 15 is 0 Å². The maximum Gasteiger partial charge on any atom is 0.149 e. The first-order valence-electron chi connectivity index (χ1n) is 10.4. The van der Waals surface area contributed by atoms with Gasteiger partial charge in [0, 0.05) is 22.1 Å². The van der Waals surface area contributed by atoms with Gasteiger partial charge < -0.3 is 5.73 Å². The van der Waals surface area contributed by atoms with E-state index < -0.39 is 0 Å². The third-order valence-corrected chi connectivity index (χ3v) is 6.61. The number of hydrogen-bond acceptors (Lipinski definition) is 5. The summed E-state index contributed by atoms with van der Waals surface area (Å²) in [6, 6.07) is 32.7. The fourth-order valence-corrected chi connectivity index (χ4v) is 5.13. The van der Waals surface area contributed by atoms with E-state index in [1.165, 1.54) is 0 Å². The maximum atomic E-state index is 6.46. The van der Waals surface area contributed by atoms with Crippen LogP contribution in [0.2, 0.25) is 0 Å². The first-order chi connectivity index (χ1) is 15.8. The first-order valence-corrected chi connectivity index (χ1v) is 11.2. The lowest BCUT2D eigenvalue weighted by Crippen LogP contribution is -1.96. The Morgan fingerprint density at radius 1 is 0.656 bits per heavy atom. The topological polar surface area (TPSA) is 64.7 Å². The molecule has 0 spiro atoms. The summed E-state index contributed by atoms with van der Waals surface area (Å²) in [5, 5.41) is 10.3. The number of benzene rings is 3. The van der Waals surface area contributed by atoms with Crippen molar-refractivity contribution in [1.82, 2.24) is 15.2 Å². The Labute approximate surface area is 189 Å². The second kappa shape index (κ2) is 7.55. The Hall–Kier alpha value is -4.09. The summed E-state index contributed by atoms with van der Waals surface area (Å²) in [7, 11) is 0. The van der Waals surface area contributed by atoms with Gasteiger partial charge in [-0.1, -0.05) is 91.0 Å². The van der Waals surface area contributed by atoms with E-state index in [4.69, 9.17) is 10.7 Å². The standard InChI is InChI=1S/C27H18N4S/c28-26-20(17-10-4-1-5-11-17)16-21-25(29-26)23-22(18-12-6-2-7-13-18)24(30-31-27(23)32-21)19-14-8-3-9-15-19/h1-16H,(H2,28,29). The summed E-state index contributed by atoms with van der Waals surface area (Å²) in [6.45, 7) is 0. The highest BCUT2D eigenvalue weighted by Crippen LogP contribution is 2.43. The Kier molecular flexibility index (Phi) is 4.40. The molecule has 152 valence electrons. The number of nitrogen functional groups attached to an aromatic ring is 1. The van der Waals surface area contributed by atoms with Crippen LogP contribution < -0.4 is 5.73 Å². The van der Waals surface area contributed by atoms with Crippen LogP contribution in [-0.2, 0) is 0 Å². The molecule has 6 rings (SSSR count). The van der Waals surface area contributed by atoms with Crippen molar-refractivity contribution >= 4 is 37.6 Å². The van der Waals surface area contributed by atoms with E-state index in [-0.39, 0.29) is 0 Å². The van der Waals surface area contributed by atoms with Gasteiger partial charge in [-0.05, 0) is 17.2 Å². The molecule has 3 aromatic heterocycles. The lowest BCUT2D eigenvalue weighted by molar-refractivity contribution is 1.09. The predicted molar refractivity (Wildman–Crippen MR) is 133 cm³/mol. The zero-order chi connectivity index (χ0) is 21.5. The Bertz CT molecular complexity index is 1560. The van der Waals surface area contributed by atoms with Crippen molar-refractivity contribution in [3.63, 3.8) is 0 Å². The molecule has 0 fully saturated rings. The molecule has 32 heavy (non-hydrogen) atoms. The summed E-state index contributed by atoms with van der Waals surface area (Å²) >= 11 is 1.60. The molecule has 0 atom stereocenters. The quantitative estimate of drug-likeness (QED) is 0.334. The molecule has 0 aliphatic rings. The van der Waals surface area contributed by atoms with E-state index in [1.54, 1.807) is 11.3 Å². The Balaban J connectivity index is 1.70. The van der Waals surface area contributed by atoms with Gasteiger partial charge in [-0.3, -0.25) is 0 Å². The fraction of sp³-hybridized carbons (Fsp3) is 0. The number of anilines is 1. The molecule has 5 heteroatoms. The summed E-state index contributed by atoms with van der Waals surface area (Å²) < 4.78 is 1.05. The summed E-state index contributed by atoms with van der Waals surface area (Å²) in [4.78, 5) is 5.74. The van der Waals surface area contributed by atoms with E-state index in [2.05, 4.69) is 52.7 Å². The predicted octanol–water partition coefficient (Wildman–Crippen LogP) is 6.82. The van der Waals surface area contributed by atoms with Crippen LogP contribution in [0.15, 0.2) is 97.1 Å². The third-order valence-electron chi connectivity index (χ3n) is 5.60. The second-order valence-corrected chi connectivity index (χ2v) is 8.60. The lowest BCUT2D eigenvalue weighted by atomic mass is 9.96. The summed E-state index contributed by atoms with van der Waals surface area (Å²) in [6.07, 6.45) is 0. The van der Waals surface area contributed by atoms with E-state index in [0.717, 1.165) is 53.9 Å². The van der Waals surface area contributed by atoms with Crippen molar-refractivity contribution in [3.8, 4) is 33.5 Å². The summed E-state index contributed by atoms with van der Waals surface area (Å²) in [5.74, 6) is 0.514. The molecule has 3 aromatic carbocycles. The van der Waals surface area contributed by atoms with Gasteiger partial charge in [0.05, 0.1) is 10.2 Å². The van der Waals surface area contributed by atoms with Gasteiger partial charge in [0.2, 0.25) is 0 Å². The molecule has 0 aliphatic heterocycles. The van der Waals surface area contributed by atoms with Crippen molar-refractivity contribution in [2.24, 2.45) is 0 Å². The number of fused-ring (bicyclic) bond motifs is 3. The largest absolute Gasteiger partial charge is 0.383 e. The lowest BCUT2D eigenvalue weighted by Gasteiger charge is -2.11. The molecule has 2 N–H and O–H groups in total. The van der Waals surface area contributed by atoms with Crippen molar-refractivity contribution in [2.45, 2.75) is 0 Å². The smallest absolute Gasteiger partial charge is 0.149 e. The third kappa shape index (κ3) is 3.02. The van der Waals surface area contributed by atoms with Crippen LogP contribution in [0.1, 0.15) is 0 Å². The van der Waals surface area contributed by atoms with Gasteiger partial charge >= 0.3 is 0 Å². The number of rotatable bonds is 3. The van der Waals surface area contributed by atoms with Gasteiger partial charge in [0.1, 0.15) is 16.3 Å². The van der Waals surface area contributed by atoms with E-state index in [0.29, 0.717) is 5.82 Å². The summed E-state index contributed by atoms with van der Waals surface area (Å²) in [5.41, 5.74) is 13.3. The molecule has 0 aliphatic carbocycles. The molecule has 0 saturated carbocycles. The van der Waals surface area contributed by atoms with E-state index in [9.17, 15) is 0 Å². The highest BCUT2D eigenvalue weighted by atomic mass is 32.1. The van der Waals surface area contributed by atoms with Gasteiger partial charge in [-0.25, -0.2) is 4.98 Å². The molecule has 0 saturated heterocycles. The normalized spacial score (nSPS) is 11.2. The number of thiophene rings is 1. The molecule has 0 bridgehead atoms. The molecule has 4 nitrogen and oxygen atoms in total. The van der Waals surface area contributed by atoms with Crippen LogP contribution in [0.3, 0.4) is 0 Å². The number of nitrogens with zero attached hydrogens (tertiary/aromatic N) is 3. The Morgan fingerprint density at radius 3 is 1.91 bits per heavy atom. The molecule has 3 heterocycles. The van der Waals surface area contributed by atoms with Crippen LogP contribution in [0.5, 0.6) is 0 Å². The fourth-order valence-electron chi connectivity index (χ4n) is 4.12. The van der Waals surface area contributed by atoms with Crippen molar-refractivity contribution in [2.75, 3.05) is 5.73 Å². The number of hydrogen-bond donors (Lipinski definition) is 1. The average molecular weight is 431 g/mol. The maximum absolute atomic E-state index is 6.46. The number of pyridine rings is 1. The van der Waals surface area contributed by atoms with Gasteiger partial charge in [-0.15, -0.1) is 21.5 Å². The molecule has 6 aromatic rings. The zero-order valence-electron chi connectivity index (χ0n) is 17.1. The minimum Gasteiger partial charge on any atom is -0.383 e. The Morgan fingerprint density at radius 2 is 1.25 bits per heavy atom. The number of aromatic nitrogens is 3. The highest BCUT2D eigenvalue weighted by Gasteiger charge is 2.21. The molecule has 0 amide bonds. The van der Waals surface area contributed by atoms with Gasteiger partial charge in [-0.2, -0.15) is 0 Å². The van der Waals surface area contributed by atoms with Crippen molar-refractivity contribution in [3.05, 3.63) is 97.1 Å². The molecular formula is C27H18N4S. The van der Waals surface area contributed by atoms with Crippen LogP contribution in [0, 0.1) is 0 Å². The SMILES string of the molecule is Nc1nc2c(cc1-c1ccccc1)sc1nnc(-c3ccccc3)c(-c3ccccc3)c12. The second-order valence-electron chi connectivity index (χ2n) is 7.57. The van der Waals surface area contributed by atoms with Gasteiger partial charge in [0.25, 0.3) is 0 Å². The van der Waals surface area contributed by atoms with Crippen molar-refractivity contribution in [1.29, 1.82) is 0 Å². The molecule has 0 radical (unpaired) electrons. The number of nitrogens with two attached hydrogens (primary N) is 1. The van der Waals surface area contributed by atoms with Crippen LogP contribution >= 0.6 is 11.3 Å². The zero-order valence-corrected chi connectivity index (χ0v) is 17.9. The average Bonchev–Trinajstić information content (AvgIpc) is 3.22. The highest BCUT2D eigenvalue weighted by molar-refractivity contribution is 7.25. The molecular weight excluding hydrogens is 412 g/mol. The minimum atomic E-state index is 0.514.